The van der Waals surface area contributed by atoms with Crippen molar-refractivity contribution in [2.24, 2.45) is 5.10 Å². The number of nitro groups is 1. The molecule has 1 heterocycles. The first-order chi connectivity index (χ1) is 18.4. The van der Waals surface area contributed by atoms with Crippen LogP contribution in [0, 0.1) is 10.1 Å². The molecular formula is C24H21ClN8O4S. The molecule has 0 bridgehead atoms. The third kappa shape index (κ3) is 6.99. The third-order valence-electron chi connectivity index (χ3n) is 4.99. The molecule has 0 saturated carbocycles. The van der Waals surface area contributed by atoms with E-state index in [1.54, 1.807) is 12.3 Å². The van der Waals surface area contributed by atoms with Gasteiger partial charge in [0.05, 0.1) is 16.9 Å². The molecule has 0 unspecified atom stereocenters. The zero-order chi connectivity index (χ0) is 26.9. The Morgan fingerprint density at radius 2 is 1.87 bits per heavy atom. The molecule has 0 aliphatic rings. The van der Waals surface area contributed by atoms with Crippen molar-refractivity contribution in [3.8, 4) is 5.75 Å². The number of hydrogen-bond acceptors (Lipinski definition) is 10. The van der Waals surface area contributed by atoms with Gasteiger partial charge in [-0.25, -0.2) is 10.1 Å². The summed E-state index contributed by atoms with van der Waals surface area (Å²) in [5.74, 6) is 6.45. The summed E-state index contributed by atoms with van der Waals surface area (Å²) in [6.07, 6.45) is 1.56. The number of nitrogens with one attached hydrogen (secondary N) is 2. The molecule has 12 nitrogen and oxygen atoms in total. The SMILES string of the molecule is Nn1c(N/N=C/c2ccccc2OCc2ccccc2Cl)nnc1SCC(=O)Nc1ccc([N+](=O)[O-])cc1. The van der Waals surface area contributed by atoms with Crippen LogP contribution in [0.5, 0.6) is 5.75 Å². The summed E-state index contributed by atoms with van der Waals surface area (Å²) in [5, 5.41) is 26.4. The summed E-state index contributed by atoms with van der Waals surface area (Å²) in [5.41, 5.74) is 4.67. The number of nitrogens with zero attached hydrogens (tertiary/aromatic N) is 5. The number of non-ortho nitro benzene ring substituents is 1. The number of carbonyl (C=O) groups is 1. The van der Waals surface area contributed by atoms with Crippen LogP contribution in [0.1, 0.15) is 11.1 Å². The minimum absolute atomic E-state index is 0.00820. The molecular weight excluding hydrogens is 532 g/mol. The predicted octanol–water partition coefficient (Wildman–Crippen LogP) is 4.31. The number of rotatable bonds is 11. The number of para-hydroxylation sites is 1. The molecule has 0 spiro atoms. The lowest BCUT2D eigenvalue weighted by atomic mass is 10.2. The maximum atomic E-state index is 12.2. The number of nitrogens with two attached hydrogens (primary N) is 1. The molecule has 0 atom stereocenters. The summed E-state index contributed by atoms with van der Waals surface area (Å²) in [7, 11) is 0. The van der Waals surface area contributed by atoms with Crippen LogP contribution in [0.25, 0.3) is 0 Å². The second kappa shape index (κ2) is 12.6. The number of nitrogen functional groups attached to an aromatic ring is 1. The smallest absolute Gasteiger partial charge is 0.269 e. The first-order valence-corrected chi connectivity index (χ1v) is 12.4. The van der Waals surface area contributed by atoms with Crippen LogP contribution in [-0.4, -0.2) is 37.7 Å². The number of benzene rings is 3. The zero-order valence-corrected chi connectivity index (χ0v) is 21.2. The topological polar surface area (TPSA) is 163 Å². The number of amides is 1. The summed E-state index contributed by atoms with van der Waals surface area (Å²) < 4.78 is 7.08. The van der Waals surface area contributed by atoms with E-state index in [2.05, 4.69) is 26.0 Å². The van der Waals surface area contributed by atoms with Gasteiger partial charge in [-0.3, -0.25) is 14.9 Å². The molecule has 3 aromatic carbocycles. The number of thioether (sulfide) groups is 1. The van der Waals surface area contributed by atoms with Gasteiger partial charge in [0.25, 0.3) is 11.6 Å². The highest BCUT2D eigenvalue weighted by atomic mass is 35.5. The molecule has 0 fully saturated rings. The van der Waals surface area contributed by atoms with Gasteiger partial charge in [-0.15, -0.1) is 10.2 Å². The Labute approximate surface area is 226 Å². The lowest BCUT2D eigenvalue weighted by Crippen LogP contribution is -2.16. The molecule has 0 saturated heterocycles. The van der Waals surface area contributed by atoms with E-state index in [0.717, 1.165) is 17.3 Å². The minimum atomic E-state index is -0.514. The van der Waals surface area contributed by atoms with E-state index in [9.17, 15) is 14.9 Å². The summed E-state index contributed by atoms with van der Waals surface area (Å²) >= 11 is 7.26. The second-order valence-electron chi connectivity index (χ2n) is 7.60. The molecule has 4 aromatic rings. The Bertz CT molecular complexity index is 1460. The van der Waals surface area contributed by atoms with E-state index in [4.69, 9.17) is 22.2 Å². The van der Waals surface area contributed by atoms with Crippen molar-refractivity contribution in [3.63, 3.8) is 0 Å². The number of carbonyl (C=O) groups excluding carboxylic acids is 1. The Hall–Kier alpha value is -4.62. The number of aromatic nitrogens is 3. The second-order valence-corrected chi connectivity index (χ2v) is 8.95. The molecule has 4 rings (SSSR count). The van der Waals surface area contributed by atoms with Crippen molar-refractivity contribution >= 4 is 52.8 Å². The Morgan fingerprint density at radius 3 is 2.63 bits per heavy atom. The number of halogens is 1. The molecule has 1 amide bonds. The van der Waals surface area contributed by atoms with E-state index >= 15 is 0 Å². The van der Waals surface area contributed by atoms with Crippen LogP contribution in [0.15, 0.2) is 83.1 Å². The van der Waals surface area contributed by atoms with E-state index < -0.39 is 4.92 Å². The van der Waals surface area contributed by atoms with Crippen molar-refractivity contribution in [3.05, 3.63) is 99.1 Å². The summed E-state index contributed by atoms with van der Waals surface area (Å²) in [6, 6.07) is 20.3. The Kier molecular flexibility index (Phi) is 8.74. The van der Waals surface area contributed by atoms with Gasteiger partial charge in [0.1, 0.15) is 12.4 Å². The van der Waals surface area contributed by atoms with Crippen LogP contribution >= 0.6 is 23.4 Å². The van der Waals surface area contributed by atoms with Crippen molar-refractivity contribution in [2.75, 3.05) is 22.3 Å². The Morgan fingerprint density at radius 1 is 1.13 bits per heavy atom. The van der Waals surface area contributed by atoms with Crippen molar-refractivity contribution in [1.82, 2.24) is 14.9 Å². The predicted molar refractivity (Wildman–Crippen MR) is 146 cm³/mol. The Balaban J connectivity index is 1.30. The highest BCUT2D eigenvalue weighted by Crippen LogP contribution is 2.22. The van der Waals surface area contributed by atoms with E-state index in [1.807, 2.05) is 42.5 Å². The normalized spacial score (nSPS) is 10.9. The van der Waals surface area contributed by atoms with Crippen LogP contribution < -0.4 is 21.3 Å². The van der Waals surface area contributed by atoms with E-state index in [1.165, 1.54) is 28.9 Å². The lowest BCUT2D eigenvalue weighted by molar-refractivity contribution is -0.384. The minimum Gasteiger partial charge on any atom is -0.488 e. The van der Waals surface area contributed by atoms with Gasteiger partial charge in [-0.05, 0) is 30.3 Å². The van der Waals surface area contributed by atoms with Crippen LogP contribution in [0.2, 0.25) is 5.02 Å². The van der Waals surface area contributed by atoms with Crippen LogP contribution in [-0.2, 0) is 11.4 Å². The number of anilines is 2. The van der Waals surface area contributed by atoms with Gasteiger partial charge in [0.2, 0.25) is 11.1 Å². The number of hydrogen-bond donors (Lipinski definition) is 3. The molecule has 1 aromatic heterocycles. The van der Waals surface area contributed by atoms with E-state index in [0.29, 0.717) is 28.6 Å². The van der Waals surface area contributed by atoms with Gasteiger partial charge in [-0.1, -0.05) is 53.7 Å². The molecule has 14 heteroatoms. The molecule has 0 aliphatic carbocycles. The van der Waals surface area contributed by atoms with Crippen molar-refractivity contribution < 1.29 is 14.5 Å². The molecule has 0 aliphatic heterocycles. The number of ether oxygens (including phenoxy) is 1. The molecule has 4 N–H and O–H groups in total. The maximum absolute atomic E-state index is 12.2. The molecule has 38 heavy (non-hydrogen) atoms. The van der Waals surface area contributed by atoms with Gasteiger partial charge in [-0.2, -0.15) is 5.10 Å². The first kappa shape index (κ1) is 26.4. The monoisotopic (exact) mass is 552 g/mol. The average molecular weight is 553 g/mol. The summed E-state index contributed by atoms with van der Waals surface area (Å²) in [4.78, 5) is 22.4. The van der Waals surface area contributed by atoms with Crippen LogP contribution in [0.4, 0.5) is 17.3 Å². The molecule has 0 radical (unpaired) electrons. The van der Waals surface area contributed by atoms with Crippen molar-refractivity contribution in [2.45, 2.75) is 11.8 Å². The largest absolute Gasteiger partial charge is 0.488 e. The van der Waals surface area contributed by atoms with Gasteiger partial charge in [0, 0.05) is 34.0 Å². The number of nitro benzene ring substituents is 1. The highest BCUT2D eigenvalue weighted by molar-refractivity contribution is 7.99. The number of hydrazone groups is 1. The quantitative estimate of drug-likeness (QED) is 0.0808. The van der Waals surface area contributed by atoms with Crippen LogP contribution in [0.3, 0.4) is 0 Å². The fourth-order valence-electron chi connectivity index (χ4n) is 3.09. The molecule has 194 valence electrons. The zero-order valence-electron chi connectivity index (χ0n) is 19.7. The lowest BCUT2D eigenvalue weighted by Gasteiger charge is -2.10. The maximum Gasteiger partial charge on any atom is 0.269 e. The fraction of sp³-hybridized carbons (Fsp3) is 0.0833. The van der Waals surface area contributed by atoms with Crippen molar-refractivity contribution in [1.29, 1.82) is 0 Å². The van der Waals surface area contributed by atoms with Gasteiger partial charge < -0.3 is 15.9 Å². The average Bonchev–Trinajstić information content (AvgIpc) is 3.27. The first-order valence-electron chi connectivity index (χ1n) is 11.0. The third-order valence-corrected chi connectivity index (χ3v) is 6.30. The standard InChI is InChI=1S/C24H21ClN8O4S/c25-20-7-3-1-6-17(20)14-37-21-8-4-2-5-16(21)13-27-29-23-30-31-24(32(23)26)38-15-22(34)28-18-9-11-19(12-10-18)33(35)36/h1-13H,14-15,26H2,(H,28,34)(H,29,30)/b27-13+. The van der Waals surface area contributed by atoms with Gasteiger partial charge in [0.15, 0.2) is 0 Å². The summed E-state index contributed by atoms with van der Waals surface area (Å²) in [6.45, 7) is 0.299. The highest BCUT2D eigenvalue weighted by Gasteiger charge is 2.13. The van der Waals surface area contributed by atoms with Gasteiger partial charge >= 0.3 is 0 Å². The van der Waals surface area contributed by atoms with E-state index in [-0.39, 0.29) is 28.5 Å². The fourth-order valence-corrected chi connectivity index (χ4v) is 3.94.